The first-order valence-electron chi connectivity index (χ1n) is 12.2. The summed E-state index contributed by atoms with van der Waals surface area (Å²) in [6.45, 7) is 0.961. The molecule has 2 aromatic carbocycles. The molecule has 0 saturated carbocycles. The first-order valence-corrected chi connectivity index (χ1v) is 12.2. The molecule has 13 heteroatoms. The van der Waals surface area contributed by atoms with Crippen LogP contribution in [0.25, 0.3) is 33.1 Å². The third-order valence-corrected chi connectivity index (χ3v) is 6.77. The molecule has 0 spiro atoms. The lowest BCUT2D eigenvalue weighted by molar-refractivity contribution is -0.140. The number of pyridine rings is 2. The van der Waals surface area contributed by atoms with Crippen LogP contribution >= 0.6 is 0 Å². The summed E-state index contributed by atoms with van der Waals surface area (Å²) in [4.78, 5) is 34.2. The molecule has 0 atom stereocenters. The lowest BCUT2D eigenvalue weighted by Gasteiger charge is -2.31. The van der Waals surface area contributed by atoms with Crippen LogP contribution in [0.15, 0.2) is 60.9 Å². The number of nitrogens with zero attached hydrogens (tertiary/aromatic N) is 6. The van der Waals surface area contributed by atoms with Gasteiger partial charge in [0.25, 0.3) is 5.91 Å². The van der Waals surface area contributed by atoms with E-state index in [1.54, 1.807) is 30.1 Å². The molecule has 2 amide bonds. The van der Waals surface area contributed by atoms with E-state index >= 15 is 4.39 Å². The van der Waals surface area contributed by atoms with E-state index in [4.69, 9.17) is 5.73 Å². The predicted molar refractivity (Wildman–Crippen MR) is 143 cm³/mol. The fourth-order valence-corrected chi connectivity index (χ4v) is 4.45. The number of aromatic nitrogens is 4. The molecule has 3 aromatic heterocycles. The van der Waals surface area contributed by atoms with Crippen molar-refractivity contribution in [1.29, 1.82) is 0 Å². The number of hydrogen-bond acceptors (Lipinski definition) is 6. The van der Waals surface area contributed by atoms with Gasteiger partial charge < -0.3 is 5.73 Å². The number of carbonyl (C=O) groups excluding carboxylic acids is 2. The summed E-state index contributed by atoms with van der Waals surface area (Å²) in [5, 5.41) is 7.64. The Kier molecular flexibility index (Phi) is 6.81. The number of anilines is 1. The Bertz CT molecular complexity index is 1820. The standard InChI is InChI=1S/C28H23F4N7O2/c1-15(40)38(3)39(14-18-5-4-16(11-22(18)29)23-9-7-19(12-34-23)28(30,31)32)27(41)17-6-8-24-20(10-17)25-21(26(33)36-24)13-35-37(25)2/h4-13H,14H2,1-3H3,(H2,33,36). The van der Waals surface area contributed by atoms with Crippen molar-refractivity contribution in [2.24, 2.45) is 7.05 Å². The van der Waals surface area contributed by atoms with E-state index < -0.39 is 29.4 Å². The van der Waals surface area contributed by atoms with Crippen molar-refractivity contribution in [2.45, 2.75) is 19.6 Å². The average molecular weight is 566 g/mol. The van der Waals surface area contributed by atoms with Crippen molar-refractivity contribution in [1.82, 2.24) is 29.8 Å². The number of halogens is 4. The minimum absolute atomic E-state index is 0.0753. The van der Waals surface area contributed by atoms with Gasteiger partial charge in [-0.1, -0.05) is 12.1 Å². The number of aryl methyl sites for hydroxylation is 1. The maximum atomic E-state index is 15.2. The number of rotatable bonds is 4. The number of fused-ring (bicyclic) bond motifs is 3. The van der Waals surface area contributed by atoms with Gasteiger partial charge in [-0.25, -0.2) is 14.4 Å². The van der Waals surface area contributed by atoms with Crippen LogP contribution in [-0.4, -0.2) is 48.6 Å². The normalized spacial score (nSPS) is 11.7. The van der Waals surface area contributed by atoms with Gasteiger partial charge in [-0.2, -0.15) is 18.3 Å². The van der Waals surface area contributed by atoms with Crippen LogP contribution in [0, 0.1) is 5.82 Å². The molecule has 210 valence electrons. The fraction of sp³-hybridized carbons (Fsp3) is 0.179. The number of alkyl halides is 3. The topological polar surface area (TPSA) is 110 Å². The van der Waals surface area contributed by atoms with Crippen molar-refractivity contribution in [3.8, 4) is 11.3 Å². The summed E-state index contributed by atoms with van der Waals surface area (Å²) in [6.07, 6.45) is -2.29. The fourth-order valence-electron chi connectivity index (χ4n) is 4.45. The van der Waals surface area contributed by atoms with Crippen molar-refractivity contribution >= 4 is 39.4 Å². The van der Waals surface area contributed by atoms with Crippen molar-refractivity contribution in [2.75, 3.05) is 12.8 Å². The maximum absolute atomic E-state index is 15.2. The van der Waals surface area contributed by atoms with Gasteiger partial charge in [-0.15, -0.1) is 0 Å². The molecule has 9 nitrogen and oxygen atoms in total. The number of nitrogens with two attached hydrogens (primary N) is 1. The first-order chi connectivity index (χ1) is 19.3. The van der Waals surface area contributed by atoms with Crippen molar-refractivity contribution < 1.29 is 27.2 Å². The third-order valence-electron chi connectivity index (χ3n) is 6.77. The predicted octanol–water partition coefficient (Wildman–Crippen LogP) is 4.96. The van der Waals surface area contributed by atoms with Gasteiger partial charge in [0.1, 0.15) is 11.6 Å². The van der Waals surface area contributed by atoms with Crippen LogP contribution < -0.4 is 5.73 Å². The molecule has 5 aromatic rings. The quantitative estimate of drug-likeness (QED) is 0.244. The van der Waals surface area contributed by atoms with Crippen molar-refractivity contribution in [3.63, 3.8) is 0 Å². The molecule has 0 aliphatic rings. The molecule has 0 saturated heterocycles. The van der Waals surface area contributed by atoms with Gasteiger partial charge in [0, 0.05) is 49.3 Å². The van der Waals surface area contributed by atoms with E-state index in [1.165, 1.54) is 32.2 Å². The number of nitrogen functional groups attached to an aromatic ring is 1. The van der Waals surface area contributed by atoms with Crippen LogP contribution in [0.1, 0.15) is 28.4 Å². The van der Waals surface area contributed by atoms with Gasteiger partial charge >= 0.3 is 6.18 Å². The van der Waals surface area contributed by atoms with Gasteiger partial charge in [0.2, 0.25) is 5.91 Å². The summed E-state index contributed by atoms with van der Waals surface area (Å²) < 4.78 is 55.5. The molecule has 0 fully saturated rings. The second-order valence-corrected chi connectivity index (χ2v) is 9.40. The lowest BCUT2D eigenvalue weighted by Crippen LogP contribution is -2.46. The summed E-state index contributed by atoms with van der Waals surface area (Å²) in [6, 6.07) is 10.8. The van der Waals surface area contributed by atoms with Crippen LogP contribution in [0.2, 0.25) is 0 Å². The molecule has 3 heterocycles. The maximum Gasteiger partial charge on any atom is 0.417 e. The summed E-state index contributed by atoms with van der Waals surface area (Å²) in [7, 11) is 3.12. The molecule has 0 radical (unpaired) electrons. The first kappa shape index (κ1) is 27.5. The largest absolute Gasteiger partial charge is 0.417 e. The Morgan fingerprint density at radius 3 is 2.41 bits per heavy atom. The van der Waals surface area contributed by atoms with Crippen LogP contribution in [-0.2, 0) is 24.6 Å². The van der Waals surface area contributed by atoms with E-state index in [2.05, 4.69) is 15.1 Å². The Labute approximate surface area is 230 Å². The number of amides is 2. The highest BCUT2D eigenvalue weighted by Crippen LogP contribution is 2.31. The molecule has 5 rings (SSSR count). The number of benzene rings is 2. The van der Waals surface area contributed by atoms with E-state index in [0.717, 1.165) is 28.2 Å². The zero-order chi connectivity index (χ0) is 29.6. The Hall–Kier alpha value is -5.07. The van der Waals surface area contributed by atoms with E-state index in [9.17, 15) is 22.8 Å². The zero-order valence-corrected chi connectivity index (χ0v) is 22.1. The second kappa shape index (κ2) is 10.2. The highest BCUT2D eigenvalue weighted by Gasteiger charge is 2.31. The Balaban J connectivity index is 1.48. The van der Waals surface area contributed by atoms with Gasteiger partial charge in [0.15, 0.2) is 0 Å². The number of carbonyl (C=O) groups is 2. The summed E-state index contributed by atoms with van der Waals surface area (Å²) >= 11 is 0. The molecular formula is C28H23F4N7O2. The number of hydrogen-bond donors (Lipinski definition) is 1. The second-order valence-electron chi connectivity index (χ2n) is 9.40. The Morgan fingerprint density at radius 2 is 1.78 bits per heavy atom. The molecule has 41 heavy (non-hydrogen) atoms. The molecule has 0 aliphatic heterocycles. The summed E-state index contributed by atoms with van der Waals surface area (Å²) in [5.41, 5.74) is 7.03. The van der Waals surface area contributed by atoms with Crippen LogP contribution in [0.4, 0.5) is 23.4 Å². The number of hydrazine groups is 1. The SMILES string of the molecule is CC(=O)N(C)N(Cc1ccc(-c2ccc(C(F)(F)F)cn2)cc1F)C(=O)c1ccc2nc(N)c3cnn(C)c3c2c1. The average Bonchev–Trinajstić information content (AvgIpc) is 3.33. The van der Waals surface area contributed by atoms with Crippen molar-refractivity contribution in [3.05, 3.63) is 83.4 Å². The highest BCUT2D eigenvalue weighted by atomic mass is 19.4. The molecule has 0 aliphatic carbocycles. The monoisotopic (exact) mass is 565 g/mol. The highest BCUT2D eigenvalue weighted by molar-refractivity contribution is 6.10. The Morgan fingerprint density at radius 1 is 1.02 bits per heavy atom. The molecule has 2 N–H and O–H groups in total. The van der Waals surface area contributed by atoms with Gasteiger partial charge in [-0.05, 0) is 36.4 Å². The van der Waals surface area contributed by atoms with Crippen LogP contribution in [0.5, 0.6) is 0 Å². The molecular weight excluding hydrogens is 542 g/mol. The lowest BCUT2D eigenvalue weighted by atomic mass is 10.1. The zero-order valence-electron chi connectivity index (χ0n) is 22.1. The third kappa shape index (κ3) is 5.13. The summed E-state index contributed by atoms with van der Waals surface area (Å²) in [5.74, 6) is -1.48. The van der Waals surface area contributed by atoms with E-state index in [1.807, 2.05) is 0 Å². The van der Waals surface area contributed by atoms with Crippen LogP contribution in [0.3, 0.4) is 0 Å². The van der Waals surface area contributed by atoms with E-state index in [0.29, 0.717) is 33.8 Å². The molecule has 0 unspecified atom stereocenters. The molecule has 0 bridgehead atoms. The van der Waals surface area contributed by atoms with Gasteiger partial charge in [0.05, 0.1) is 40.4 Å². The minimum atomic E-state index is -4.54. The smallest absolute Gasteiger partial charge is 0.383 e. The van der Waals surface area contributed by atoms with Gasteiger partial charge in [-0.3, -0.25) is 24.3 Å². The minimum Gasteiger partial charge on any atom is -0.383 e. The van der Waals surface area contributed by atoms with E-state index in [-0.39, 0.29) is 28.9 Å².